The molecule has 0 aliphatic carbocycles. The molecule has 0 unspecified atom stereocenters. The SMILES string of the molecule is O=P([O-])([O-])O.OB(O)O.[Sr+2]. The minimum Gasteiger partial charge on any atom is -0.790 e. The maximum absolute atomic E-state index is 8.66. The molecule has 0 aliphatic heterocycles. The number of hydrogen-bond donors (Lipinski definition) is 4. The van der Waals surface area contributed by atoms with Crippen LogP contribution in [0, 0.1) is 0 Å². The third-order valence-electron chi connectivity index (χ3n) is 0. The van der Waals surface area contributed by atoms with Gasteiger partial charge in [0.25, 0.3) is 0 Å². The molecule has 0 aromatic heterocycles. The van der Waals surface area contributed by atoms with Gasteiger partial charge in [-0.3, -0.25) is 0 Å². The topological polar surface area (TPSA) is 144 Å². The zero-order valence-electron chi connectivity index (χ0n) is 4.75. The van der Waals surface area contributed by atoms with Gasteiger partial charge < -0.3 is 34.3 Å². The van der Waals surface area contributed by atoms with Gasteiger partial charge in [-0.15, -0.1) is 0 Å². The molecule has 0 rings (SSSR count). The second kappa shape index (κ2) is 8.63. The van der Waals surface area contributed by atoms with Crippen molar-refractivity contribution >= 4 is 60.6 Å². The van der Waals surface area contributed by atoms with Gasteiger partial charge in [0.05, 0.1) is 7.82 Å². The van der Waals surface area contributed by atoms with Gasteiger partial charge in [-0.05, 0) is 0 Å². The van der Waals surface area contributed by atoms with E-state index in [1.165, 1.54) is 0 Å². The van der Waals surface area contributed by atoms with E-state index < -0.39 is 15.1 Å². The van der Waals surface area contributed by atoms with Crippen LogP contribution < -0.4 is 9.79 Å². The third kappa shape index (κ3) is 295. The van der Waals surface area contributed by atoms with Crippen LogP contribution >= 0.6 is 7.82 Å². The predicted octanol–water partition coefficient (Wildman–Crippen LogP) is -4.63. The minimum absolute atomic E-state index is 0. The molecule has 0 heterocycles. The van der Waals surface area contributed by atoms with Crippen molar-refractivity contribution in [1.82, 2.24) is 0 Å². The maximum atomic E-state index is 8.66. The summed E-state index contributed by atoms with van der Waals surface area (Å²) in [4.78, 5) is 24.3. The molecule has 0 aromatic rings. The first-order valence-corrected chi connectivity index (χ1v) is 3.02. The first-order valence-electron chi connectivity index (χ1n) is 1.52. The Morgan fingerprint density at radius 1 is 1.20 bits per heavy atom. The molecule has 0 aliphatic rings. The smallest absolute Gasteiger partial charge is 0.790 e. The quantitative estimate of drug-likeness (QED) is 0.248. The molecule has 0 saturated carbocycles. The molecule has 0 spiro atoms. The van der Waals surface area contributed by atoms with Gasteiger partial charge >= 0.3 is 52.8 Å². The van der Waals surface area contributed by atoms with Crippen molar-refractivity contribution in [2.45, 2.75) is 0 Å². The van der Waals surface area contributed by atoms with Gasteiger partial charge in [-0.25, -0.2) is 0 Å². The molecule has 7 nitrogen and oxygen atoms in total. The van der Waals surface area contributed by atoms with Crippen molar-refractivity contribution in [3.05, 3.63) is 0 Å². The van der Waals surface area contributed by atoms with E-state index in [0.29, 0.717) is 0 Å². The molecule has 0 atom stereocenters. The van der Waals surface area contributed by atoms with E-state index in [9.17, 15) is 0 Å². The van der Waals surface area contributed by atoms with Crippen molar-refractivity contribution in [1.29, 1.82) is 0 Å². The van der Waals surface area contributed by atoms with Crippen molar-refractivity contribution in [3.8, 4) is 0 Å². The summed E-state index contributed by atoms with van der Waals surface area (Å²) in [7, 11) is -7.31. The summed E-state index contributed by atoms with van der Waals surface area (Å²) in [5, 5.41) is 21.5. The summed E-state index contributed by atoms with van der Waals surface area (Å²) in [5.74, 6) is 0. The Bertz CT molecular complexity index is 84.8. The average molecular weight is 245 g/mol. The van der Waals surface area contributed by atoms with Crippen LogP contribution in [-0.2, 0) is 4.57 Å². The van der Waals surface area contributed by atoms with Crippen LogP contribution in [0.4, 0.5) is 0 Å². The Hall–Kier alpha value is 1.54. The normalized spacial score (nSPS) is 8.60. The zero-order valence-corrected chi connectivity index (χ0v) is 9.12. The average Bonchev–Trinajstić information content (AvgIpc) is 1.19. The fraction of sp³-hybridized carbons (Fsp3) is 0. The Balaban J connectivity index is -0.0000000910. The molecule has 10 heteroatoms. The maximum Gasteiger partial charge on any atom is 2.00 e. The van der Waals surface area contributed by atoms with E-state index >= 15 is 0 Å². The summed E-state index contributed by atoms with van der Waals surface area (Å²) in [6, 6.07) is 0. The van der Waals surface area contributed by atoms with Crippen LogP contribution in [0.25, 0.3) is 0 Å². The van der Waals surface area contributed by atoms with Gasteiger partial charge in [-0.1, -0.05) is 0 Å². The van der Waals surface area contributed by atoms with E-state index in [1.807, 2.05) is 0 Å². The Kier molecular flexibility index (Phi) is 15.2. The second-order valence-electron chi connectivity index (χ2n) is 0.815. The Morgan fingerprint density at radius 2 is 1.20 bits per heavy atom. The third-order valence-corrected chi connectivity index (χ3v) is 0. The summed E-state index contributed by atoms with van der Waals surface area (Å²) in [5.41, 5.74) is 0. The summed E-state index contributed by atoms with van der Waals surface area (Å²) < 4.78 is 8.66. The molecule has 0 bridgehead atoms. The molecule has 56 valence electrons. The molecular formula is H4BO7PSr. The van der Waals surface area contributed by atoms with Gasteiger partial charge in [0.1, 0.15) is 0 Å². The summed E-state index contributed by atoms with van der Waals surface area (Å²) in [6.07, 6.45) is 0. The van der Waals surface area contributed by atoms with E-state index in [4.69, 9.17) is 34.3 Å². The van der Waals surface area contributed by atoms with Gasteiger partial charge in [0.2, 0.25) is 0 Å². The molecule has 4 N–H and O–H groups in total. The van der Waals surface area contributed by atoms with Crippen LogP contribution in [0.2, 0.25) is 0 Å². The largest absolute Gasteiger partial charge is 2.00 e. The summed E-state index contributed by atoms with van der Waals surface area (Å²) >= 11 is 0. The molecule has 10 heavy (non-hydrogen) atoms. The van der Waals surface area contributed by atoms with E-state index in [2.05, 4.69) is 0 Å². The number of phosphoric acid groups is 1. The van der Waals surface area contributed by atoms with Crippen molar-refractivity contribution in [2.24, 2.45) is 0 Å². The molecule has 0 aromatic carbocycles. The summed E-state index contributed by atoms with van der Waals surface area (Å²) in [6.45, 7) is 0. The minimum atomic E-state index is -5.14. The van der Waals surface area contributed by atoms with Crippen molar-refractivity contribution < 1.29 is 34.3 Å². The van der Waals surface area contributed by atoms with E-state index in [0.717, 1.165) is 0 Å². The molecule has 0 amide bonds. The number of hydrogen-bond acceptors (Lipinski definition) is 6. The Labute approximate surface area is 94.0 Å². The van der Waals surface area contributed by atoms with E-state index in [-0.39, 0.29) is 45.5 Å². The molecular weight excluding hydrogens is 241 g/mol. The monoisotopic (exact) mass is 246 g/mol. The zero-order chi connectivity index (χ0) is 8.08. The van der Waals surface area contributed by atoms with Gasteiger partial charge in [0, 0.05) is 0 Å². The fourth-order valence-electron chi connectivity index (χ4n) is 0. The first kappa shape index (κ1) is 17.6. The van der Waals surface area contributed by atoms with Gasteiger partial charge in [0.15, 0.2) is 0 Å². The van der Waals surface area contributed by atoms with Crippen molar-refractivity contribution in [3.63, 3.8) is 0 Å². The molecule has 0 fully saturated rings. The molecule has 0 saturated heterocycles. The van der Waals surface area contributed by atoms with Crippen LogP contribution in [0.3, 0.4) is 0 Å². The van der Waals surface area contributed by atoms with Crippen LogP contribution in [0.15, 0.2) is 0 Å². The van der Waals surface area contributed by atoms with Crippen LogP contribution in [-0.4, -0.2) is 72.8 Å². The number of rotatable bonds is 0. The van der Waals surface area contributed by atoms with Gasteiger partial charge in [-0.2, -0.15) is 0 Å². The fourth-order valence-corrected chi connectivity index (χ4v) is 0. The second-order valence-corrected chi connectivity index (χ2v) is 1.75. The first-order chi connectivity index (χ1) is 3.73. The van der Waals surface area contributed by atoms with Crippen molar-refractivity contribution in [2.75, 3.05) is 0 Å². The van der Waals surface area contributed by atoms with Crippen LogP contribution in [0.5, 0.6) is 0 Å². The van der Waals surface area contributed by atoms with Crippen LogP contribution in [0.1, 0.15) is 0 Å². The molecule has 0 radical (unpaired) electrons. The van der Waals surface area contributed by atoms with E-state index in [1.54, 1.807) is 0 Å². The predicted molar refractivity (Wildman–Crippen MR) is 28.0 cm³/mol. The standard InChI is InChI=1S/BH3O3.H3O4P.Sr/c2-1(3)4;1-5(2,3)4;/h2-4H;(H3,1,2,3,4);/q;;+2/p-2. The Morgan fingerprint density at radius 3 is 1.20 bits per heavy atom.